The third-order valence-corrected chi connectivity index (χ3v) is 7.15. The van der Waals surface area contributed by atoms with Gasteiger partial charge in [0, 0.05) is 0 Å². The van der Waals surface area contributed by atoms with Crippen molar-refractivity contribution in [2.45, 2.75) is 167 Å². The molecule has 0 rings (SSSR count). The summed E-state index contributed by atoms with van der Waals surface area (Å²) < 4.78 is 0. The lowest BCUT2D eigenvalue weighted by Crippen LogP contribution is -2.53. The van der Waals surface area contributed by atoms with Crippen molar-refractivity contribution in [3.05, 3.63) is 24.3 Å². The summed E-state index contributed by atoms with van der Waals surface area (Å²) in [7, 11) is 0. The van der Waals surface area contributed by atoms with Crippen LogP contribution in [0.1, 0.15) is 142 Å². The maximum atomic E-state index is 12.3. The largest absolute Gasteiger partial charge is 0.394 e. The summed E-state index contributed by atoms with van der Waals surface area (Å²) in [5.74, 6) is -0.603. The average Bonchev–Trinajstić information content (AvgIpc) is 2.92. The molecule has 0 spiro atoms. The van der Waals surface area contributed by atoms with E-state index >= 15 is 0 Å². The first kappa shape index (κ1) is 36.8. The van der Waals surface area contributed by atoms with Crippen LogP contribution < -0.4 is 5.32 Å². The number of carbonyl (C=O) groups excluding carboxylic acids is 1. The van der Waals surface area contributed by atoms with Crippen molar-refractivity contribution in [2.24, 2.45) is 0 Å². The van der Waals surface area contributed by atoms with Crippen LogP contribution in [0.2, 0.25) is 0 Å². The third kappa shape index (κ3) is 21.7. The van der Waals surface area contributed by atoms with E-state index in [4.69, 9.17) is 0 Å². The molecule has 224 valence electrons. The van der Waals surface area contributed by atoms with Crippen molar-refractivity contribution >= 4 is 5.91 Å². The summed E-state index contributed by atoms with van der Waals surface area (Å²) >= 11 is 0. The Morgan fingerprint density at radius 1 is 0.658 bits per heavy atom. The van der Waals surface area contributed by atoms with Gasteiger partial charge in [0.2, 0.25) is 5.91 Å². The fourth-order valence-electron chi connectivity index (χ4n) is 4.60. The van der Waals surface area contributed by atoms with E-state index in [2.05, 4.69) is 43.5 Å². The van der Waals surface area contributed by atoms with Gasteiger partial charge in [0.05, 0.1) is 18.8 Å². The van der Waals surface area contributed by atoms with E-state index in [1.54, 1.807) is 0 Å². The van der Waals surface area contributed by atoms with Crippen molar-refractivity contribution in [3.8, 4) is 0 Å². The predicted molar refractivity (Wildman–Crippen MR) is 159 cm³/mol. The molecule has 0 aliphatic carbocycles. The van der Waals surface area contributed by atoms with Gasteiger partial charge in [0.25, 0.3) is 0 Å². The molecule has 0 aliphatic rings. The Hall–Kier alpha value is -1.21. The van der Waals surface area contributed by atoms with Crippen LogP contribution in [0.15, 0.2) is 24.3 Å². The lowest BCUT2D eigenvalue weighted by atomic mass is 10.00. The van der Waals surface area contributed by atoms with Crippen LogP contribution in [0, 0.1) is 0 Å². The number of unbranched alkanes of at least 4 members (excludes halogenated alkanes) is 14. The maximum absolute atomic E-state index is 12.3. The molecule has 0 aromatic heterocycles. The molecule has 0 aromatic rings. The highest BCUT2D eigenvalue weighted by Crippen LogP contribution is 2.14. The van der Waals surface area contributed by atoms with Crippen LogP contribution in [0.5, 0.6) is 0 Å². The minimum absolute atomic E-state index is 0.362. The van der Waals surface area contributed by atoms with E-state index in [1.165, 1.54) is 64.2 Å². The standard InChI is InChI=1S/C32H61NO5/c1-3-5-7-9-11-13-14-15-16-18-20-22-24-26-30(36)32(38)33-28(27-34)31(37)29(35)25-23-21-19-17-12-10-8-6-4-2/h6,8,17,19,28-31,34-37H,3-5,7,9-16,18,20-27H2,1-2H3,(H,33,38)/b8-6+,19-17+. The smallest absolute Gasteiger partial charge is 0.249 e. The van der Waals surface area contributed by atoms with E-state index in [0.29, 0.717) is 19.3 Å². The van der Waals surface area contributed by atoms with Crippen LogP contribution in [-0.2, 0) is 4.79 Å². The third-order valence-electron chi connectivity index (χ3n) is 7.15. The summed E-state index contributed by atoms with van der Waals surface area (Å²) in [5.41, 5.74) is 0. The molecule has 0 bridgehead atoms. The average molecular weight is 540 g/mol. The van der Waals surface area contributed by atoms with Crippen molar-refractivity contribution in [3.63, 3.8) is 0 Å². The zero-order chi connectivity index (χ0) is 28.3. The molecule has 0 saturated heterocycles. The number of hydrogen-bond donors (Lipinski definition) is 5. The highest BCUT2D eigenvalue weighted by atomic mass is 16.3. The van der Waals surface area contributed by atoms with Gasteiger partial charge in [-0.2, -0.15) is 0 Å². The monoisotopic (exact) mass is 539 g/mol. The Labute approximate surface area is 234 Å². The van der Waals surface area contributed by atoms with Crippen LogP contribution in [0.25, 0.3) is 0 Å². The van der Waals surface area contributed by atoms with Gasteiger partial charge in [-0.15, -0.1) is 0 Å². The van der Waals surface area contributed by atoms with Crippen LogP contribution in [0.3, 0.4) is 0 Å². The number of carbonyl (C=O) groups is 1. The van der Waals surface area contributed by atoms with Gasteiger partial charge in [0.15, 0.2) is 0 Å². The van der Waals surface area contributed by atoms with Crippen LogP contribution in [0.4, 0.5) is 0 Å². The minimum Gasteiger partial charge on any atom is -0.394 e. The number of hydrogen-bond acceptors (Lipinski definition) is 5. The van der Waals surface area contributed by atoms with Gasteiger partial charge in [0.1, 0.15) is 12.2 Å². The lowest BCUT2D eigenvalue weighted by molar-refractivity contribution is -0.132. The summed E-state index contributed by atoms with van der Waals surface area (Å²) in [4.78, 5) is 12.3. The Morgan fingerprint density at radius 3 is 1.68 bits per heavy atom. The molecular weight excluding hydrogens is 478 g/mol. The van der Waals surface area contributed by atoms with E-state index in [1.807, 2.05) is 0 Å². The van der Waals surface area contributed by atoms with Crippen molar-refractivity contribution in [1.82, 2.24) is 5.32 Å². The number of allylic oxidation sites excluding steroid dienone is 4. The first-order valence-corrected chi connectivity index (χ1v) is 15.7. The quantitative estimate of drug-likeness (QED) is 0.0604. The maximum Gasteiger partial charge on any atom is 0.249 e. The molecule has 0 aliphatic heterocycles. The number of aliphatic hydroxyl groups excluding tert-OH is 4. The molecule has 6 nitrogen and oxygen atoms in total. The van der Waals surface area contributed by atoms with Crippen LogP contribution in [-0.4, -0.2) is 57.3 Å². The highest BCUT2D eigenvalue weighted by molar-refractivity contribution is 5.80. The number of nitrogens with one attached hydrogen (secondary N) is 1. The van der Waals surface area contributed by atoms with Gasteiger partial charge in [-0.05, 0) is 44.9 Å². The molecule has 0 heterocycles. The van der Waals surface area contributed by atoms with Crippen molar-refractivity contribution in [1.29, 1.82) is 0 Å². The van der Waals surface area contributed by atoms with Crippen molar-refractivity contribution < 1.29 is 25.2 Å². The summed E-state index contributed by atoms with van der Waals surface area (Å²) in [6.07, 6.45) is 26.4. The molecule has 0 aromatic carbocycles. The molecule has 4 unspecified atom stereocenters. The topological polar surface area (TPSA) is 110 Å². The van der Waals surface area contributed by atoms with E-state index in [9.17, 15) is 25.2 Å². The van der Waals surface area contributed by atoms with E-state index in [-0.39, 0.29) is 0 Å². The van der Waals surface area contributed by atoms with Gasteiger partial charge < -0.3 is 25.7 Å². The lowest BCUT2D eigenvalue weighted by Gasteiger charge is -2.27. The Bertz CT molecular complexity index is 580. The van der Waals surface area contributed by atoms with Crippen molar-refractivity contribution in [2.75, 3.05) is 6.61 Å². The summed E-state index contributed by atoms with van der Waals surface area (Å²) in [6, 6.07) is -1.00. The Morgan fingerprint density at radius 2 is 1.16 bits per heavy atom. The molecule has 0 saturated carbocycles. The molecule has 38 heavy (non-hydrogen) atoms. The van der Waals surface area contributed by atoms with E-state index in [0.717, 1.165) is 44.9 Å². The molecule has 0 fully saturated rings. The molecule has 5 N–H and O–H groups in total. The SMILES string of the molecule is CC/C=C/CC/C=C/CCCC(O)C(O)C(CO)NC(=O)C(O)CCCCCCCCCCCCCCC. The Kier molecular flexibility index (Phi) is 26.5. The summed E-state index contributed by atoms with van der Waals surface area (Å²) in [6.45, 7) is 3.86. The van der Waals surface area contributed by atoms with Gasteiger partial charge in [-0.3, -0.25) is 4.79 Å². The minimum atomic E-state index is -1.28. The molecular formula is C32H61NO5. The first-order chi connectivity index (χ1) is 18.5. The normalized spacial score (nSPS) is 15.2. The summed E-state index contributed by atoms with van der Waals surface area (Å²) in [5, 5.41) is 43.0. The number of amides is 1. The zero-order valence-electron chi connectivity index (χ0n) is 24.7. The number of aliphatic hydroxyl groups is 4. The van der Waals surface area contributed by atoms with E-state index < -0.39 is 36.9 Å². The van der Waals surface area contributed by atoms with Gasteiger partial charge in [-0.25, -0.2) is 0 Å². The second-order valence-corrected chi connectivity index (χ2v) is 10.8. The van der Waals surface area contributed by atoms with Gasteiger partial charge in [-0.1, -0.05) is 122 Å². The molecule has 1 amide bonds. The highest BCUT2D eigenvalue weighted by Gasteiger charge is 2.28. The predicted octanol–water partition coefficient (Wildman–Crippen LogP) is 6.50. The van der Waals surface area contributed by atoms with Gasteiger partial charge >= 0.3 is 0 Å². The molecule has 4 atom stereocenters. The first-order valence-electron chi connectivity index (χ1n) is 15.7. The fraction of sp³-hybridized carbons (Fsp3) is 0.844. The molecule has 6 heteroatoms. The zero-order valence-corrected chi connectivity index (χ0v) is 24.7. The Balaban J connectivity index is 3.93. The fourth-order valence-corrected chi connectivity index (χ4v) is 4.60. The molecule has 0 radical (unpaired) electrons. The number of rotatable bonds is 27. The second-order valence-electron chi connectivity index (χ2n) is 10.8. The van der Waals surface area contributed by atoms with Crippen LogP contribution >= 0.6 is 0 Å². The second kappa shape index (κ2) is 27.4.